The third kappa shape index (κ3) is 4.65. The van der Waals surface area contributed by atoms with E-state index >= 15 is 0 Å². The topological polar surface area (TPSA) is 119 Å². The maximum absolute atomic E-state index is 14.1. The van der Waals surface area contributed by atoms with Gasteiger partial charge in [0.15, 0.2) is 0 Å². The highest BCUT2D eigenvalue weighted by Crippen LogP contribution is 2.32. The lowest BCUT2D eigenvalue weighted by molar-refractivity contribution is 0.0257. The highest BCUT2D eigenvalue weighted by atomic mass is 19.3. The molecule has 4 aromatic heterocycles. The summed E-state index contributed by atoms with van der Waals surface area (Å²) in [5.74, 6) is -2.09. The highest BCUT2D eigenvalue weighted by molar-refractivity contribution is 6.10. The van der Waals surface area contributed by atoms with Gasteiger partial charge in [0.25, 0.3) is 11.8 Å². The molecule has 1 aliphatic heterocycles. The molecule has 1 amide bonds. The molecule has 12 heteroatoms. The average molecular weight is 544 g/mol. The van der Waals surface area contributed by atoms with Gasteiger partial charge in [-0.15, -0.1) is 0 Å². The van der Waals surface area contributed by atoms with Crippen molar-refractivity contribution in [1.82, 2.24) is 34.6 Å². The lowest BCUT2D eigenvalue weighted by Crippen LogP contribution is -2.34. The van der Waals surface area contributed by atoms with Gasteiger partial charge in [-0.25, -0.2) is 23.7 Å². The standard InChI is InChI=1S/C28H27F2N9O/c1-17(26-32-9-3-10-33-26)39(15-19-5-6-20(13-34-19)38-11-8-28(29,30)16-38)27(40)18-4-7-23-21(12-18)24-22(25(31)36-23)14-35-37(24)2/h3-7,9-10,12-14,17H,8,11,15-16H2,1-2H3,(H2,31,36). The molecule has 5 heterocycles. The van der Waals surface area contributed by atoms with E-state index in [1.54, 1.807) is 75.7 Å². The Morgan fingerprint density at radius 1 is 1.12 bits per heavy atom. The Kier molecular flexibility index (Phi) is 6.24. The van der Waals surface area contributed by atoms with Crippen LogP contribution in [0.15, 0.2) is 61.2 Å². The van der Waals surface area contributed by atoms with Crippen molar-refractivity contribution in [3.63, 3.8) is 0 Å². The molecule has 1 aliphatic rings. The summed E-state index contributed by atoms with van der Waals surface area (Å²) in [7, 11) is 1.81. The quantitative estimate of drug-likeness (QED) is 0.340. The molecule has 2 N–H and O–H groups in total. The van der Waals surface area contributed by atoms with Gasteiger partial charge < -0.3 is 15.5 Å². The molecule has 0 spiro atoms. The second kappa shape index (κ2) is 9.78. The van der Waals surface area contributed by atoms with Crippen molar-refractivity contribution in [2.75, 3.05) is 23.7 Å². The molecule has 40 heavy (non-hydrogen) atoms. The van der Waals surface area contributed by atoms with Crippen molar-refractivity contribution in [2.24, 2.45) is 7.05 Å². The number of rotatable bonds is 6. The minimum Gasteiger partial charge on any atom is -0.383 e. The number of nitrogens with two attached hydrogens (primary N) is 1. The Morgan fingerprint density at radius 3 is 2.62 bits per heavy atom. The largest absolute Gasteiger partial charge is 0.383 e. The molecular weight excluding hydrogens is 516 g/mol. The zero-order chi connectivity index (χ0) is 28.0. The Morgan fingerprint density at radius 2 is 1.93 bits per heavy atom. The van der Waals surface area contributed by atoms with Crippen molar-refractivity contribution >= 4 is 39.2 Å². The third-order valence-electron chi connectivity index (χ3n) is 7.32. The van der Waals surface area contributed by atoms with Gasteiger partial charge >= 0.3 is 0 Å². The number of carbonyl (C=O) groups is 1. The van der Waals surface area contributed by atoms with Gasteiger partial charge in [-0.05, 0) is 43.3 Å². The van der Waals surface area contributed by atoms with Gasteiger partial charge in [-0.1, -0.05) is 0 Å². The summed E-state index contributed by atoms with van der Waals surface area (Å²) < 4.78 is 29.1. The number of nitrogen functional groups attached to an aromatic ring is 1. The van der Waals surface area contributed by atoms with Crippen molar-refractivity contribution in [3.8, 4) is 0 Å². The molecule has 10 nitrogen and oxygen atoms in total. The zero-order valence-corrected chi connectivity index (χ0v) is 22.0. The van der Waals surface area contributed by atoms with Gasteiger partial charge in [0.05, 0.1) is 59.3 Å². The minimum absolute atomic E-state index is 0.161. The second-order valence-electron chi connectivity index (χ2n) is 10.0. The van der Waals surface area contributed by atoms with E-state index in [1.807, 2.05) is 14.0 Å². The minimum atomic E-state index is -2.70. The fourth-order valence-corrected chi connectivity index (χ4v) is 5.13. The van der Waals surface area contributed by atoms with Gasteiger partial charge in [-0.2, -0.15) is 5.10 Å². The first kappa shape index (κ1) is 25.5. The van der Waals surface area contributed by atoms with Crippen LogP contribution in [0.2, 0.25) is 0 Å². The molecule has 0 bridgehead atoms. The van der Waals surface area contributed by atoms with Crippen LogP contribution in [0.3, 0.4) is 0 Å². The first-order valence-corrected chi connectivity index (χ1v) is 12.9. The van der Waals surface area contributed by atoms with Crippen LogP contribution < -0.4 is 10.6 Å². The van der Waals surface area contributed by atoms with Gasteiger partial charge in [0, 0.05) is 43.4 Å². The first-order valence-electron chi connectivity index (χ1n) is 12.9. The lowest BCUT2D eigenvalue weighted by atomic mass is 10.1. The second-order valence-corrected chi connectivity index (χ2v) is 10.0. The number of aryl methyl sites for hydroxylation is 1. The SMILES string of the molecule is CC(c1ncccn1)N(Cc1ccc(N2CCC(F)(F)C2)cn1)C(=O)c1ccc2nc(N)c3cnn(C)c3c2c1. The van der Waals surface area contributed by atoms with E-state index in [0.717, 1.165) is 10.9 Å². The number of hydrogen-bond acceptors (Lipinski definition) is 8. The summed E-state index contributed by atoms with van der Waals surface area (Å²) >= 11 is 0. The van der Waals surface area contributed by atoms with E-state index in [2.05, 4.69) is 25.0 Å². The van der Waals surface area contributed by atoms with Crippen LogP contribution in [0.25, 0.3) is 21.8 Å². The Balaban J connectivity index is 1.35. The van der Waals surface area contributed by atoms with Crippen LogP contribution in [-0.4, -0.2) is 59.5 Å². The number of fused-ring (bicyclic) bond motifs is 3. The number of anilines is 2. The summed E-state index contributed by atoms with van der Waals surface area (Å²) in [4.78, 5) is 35.1. The molecule has 0 aliphatic carbocycles. The number of carbonyl (C=O) groups excluding carboxylic acids is 1. The van der Waals surface area contributed by atoms with E-state index < -0.39 is 12.0 Å². The molecule has 1 fully saturated rings. The Bertz CT molecular complexity index is 1710. The molecule has 1 unspecified atom stereocenters. The predicted octanol–water partition coefficient (Wildman–Crippen LogP) is 4.14. The van der Waals surface area contributed by atoms with E-state index in [4.69, 9.17) is 5.73 Å². The van der Waals surface area contributed by atoms with Crippen LogP contribution in [0.1, 0.15) is 41.3 Å². The number of pyridine rings is 2. The van der Waals surface area contributed by atoms with Crippen molar-refractivity contribution in [1.29, 1.82) is 0 Å². The smallest absolute Gasteiger partial charge is 0.266 e. The van der Waals surface area contributed by atoms with Crippen LogP contribution in [-0.2, 0) is 13.6 Å². The summed E-state index contributed by atoms with van der Waals surface area (Å²) in [5.41, 5.74) is 9.25. The van der Waals surface area contributed by atoms with Gasteiger partial charge in [-0.3, -0.25) is 14.5 Å². The van der Waals surface area contributed by atoms with E-state index in [0.29, 0.717) is 39.5 Å². The van der Waals surface area contributed by atoms with E-state index in [1.165, 1.54) is 0 Å². The van der Waals surface area contributed by atoms with Crippen LogP contribution in [0, 0.1) is 0 Å². The maximum atomic E-state index is 14.1. The average Bonchev–Trinajstić information content (AvgIpc) is 3.54. The number of nitrogens with zero attached hydrogens (tertiary/aromatic N) is 8. The van der Waals surface area contributed by atoms with Crippen molar-refractivity contribution in [3.05, 3.63) is 78.3 Å². The maximum Gasteiger partial charge on any atom is 0.266 e. The molecular formula is C28H27F2N9O. The fourth-order valence-electron chi connectivity index (χ4n) is 5.13. The van der Waals surface area contributed by atoms with E-state index in [9.17, 15) is 13.6 Å². The molecule has 1 aromatic carbocycles. The lowest BCUT2D eigenvalue weighted by Gasteiger charge is -2.28. The zero-order valence-electron chi connectivity index (χ0n) is 22.0. The van der Waals surface area contributed by atoms with Gasteiger partial charge in [0.1, 0.15) is 11.6 Å². The predicted molar refractivity (Wildman–Crippen MR) is 147 cm³/mol. The number of aromatic nitrogens is 6. The highest BCUT2D eigenvalue weighted by Gasteiger charge is 2.38. The van der Waals surface area contributed by atoms with Crippen molar-refractivity contribution in [2.45, 2.75) is 31.9 Å². The monoisotopic (exact) mass is 543 g/mol. The number of benzene rings is 1. The molecule has 0 radical (unpaired) electrons. The normalized spacial score (nSPS) is 15.6. The molecule has 6 rings (SSSR count). The van der Waals surface area contributed by atoms with Crippen LogP contribution in [0.4, 0.5) is 20.3 Å². The summed E-state index contributed by atoms with van der Waals surface area (Å²) in [5, 5.41) is 5.78. The Labute approximate surface area is 228 Å². The molecule has 1 saturated heterocycles. The summed E-state index contributed by atoms with van der Waals surface area (Å²) in [6.07, 6.45) is 6.32. The van der Waals surface area contributed by atoms with Gasteiger partial charge in [0.2, 0.25) is 0 Å². The first-order chi connectivity index (χ1) is 19.2. The number of amides is 1. The number of alkyl halides is 2. The number of halogens is 2. The number of hydrogen-bond donors (Lipinski definition) is 1. The molecule has 5 aromatic rings. The third-order valence-corrected chi connectivity index (χ3v) is 7.32. The van der Waals surface area contributed by atoms with E-state index in [-0.39, 0.29) is 32.0 Å². The van der Waals surface area contributed by atoms with Crippen LogP contribution in [0.5, 0.6) is 0 Å². The van der Waals surface area contributed by atoms with Crippen molar-refractivity contribution < 1.29 is 13.6 Å². The Hall–Kier alpha value is -4.74. The molecule has 0 saturated carbocycles. The molecule has 204 valence electrons. The van der Waals surface area contributed by atoms with Crippen LogP contribution >= 0.6 is 0 Å². The molecule has 1 atom stereocenters. The summed E-state index contributed by atoms with van der Waals surface area (Å²) in [6, 6.07) is 10.0. The fraction of sp³-hybridized carbons (Fsp3) is 0.286. The summed E-state index contributed by atoms with van der Waals surface area (Å²) in [6.45, 7) is 1.96.